The Kier molecular flexibility index (Phi) is 7.15. The highest BCUT2D eigenvalue weighted by atomic mass is 16.5. The fourth-order valence-corrected chi connectivity index (χ4v) is 2.99. The first-order valence-electron chi connectivity index (χ1n) is 8.19. The Morgan fingerprint density at radius 2 is 1.80 bits per heavy atom. The summed E-state index contributed by atoms with van der Waals surface area (Å²) in [6, 6.07) is 0.399. The quantitative estimate of drug-likeness (QED) is 0.597. The van der Waals surface area contributed by atoms with Crippen LogP contribution in [0, 0.1) is 0 Å². The third-order valence-corrected chi connectivity index (χ3v) is 4.23. The van der Waals surface area contributed by atoms with Gasteiger partial charge in [-0.05, 0) is 25.8 Å². The van der Waals surface area contributed by atoms with Gasteiger partial charge in [-0.15, -0.1) is 0 Å². The van der Waals surface area contributed by atoms with Crippen LogP contribution in [0.5, 0.6) is 0 Å². The minimum absolute atomic E-state index is 0.0128. The summed E-state index contributed by atoms with van der Waals surface area (Å²) in [6.45, 7) is 5.54. The SMILES string of the molecule is O=C(NCCCN1CCOCC1)NC1CCCCCC1. The lowest BCUT2D eigenvalue weighted by molar-refractivity contribution is 0.0375. The molecule has 0 unspecified atom stereocenters. The van der Waals surface area contributed by atoms with E-state index >= 15 is 0 Å². The van der Waals surface area contributed by atoms with Gasteiger partial charge in [-0.3, -0.25) is 4.90 Å². The molecule has 1 aliphatic carbocycles. The molecule has 1 heterocycles. The summed E-state index contributed by atoms with van der Waals surface area (Å²) in [5.41, 5.74) is 0. The van der Waals surface area contributed by atoms with E-state index in [1.54, 1.807) is 0 Å². The standard InChI is InChI=1S/C15H29N3O2/c19-15(17-14-6-3-1-2-4-7-14)16-8-5-9-18-10-12-20-13-11-18/h14H,1-13H2,(H2,16,17,19). The number of carbonyl (C=O) groups is 1. The molecule has 1 saturated heterocycles. The van der Waals surface area contributed by atoms with Gasteiger partial charge in [-0.1, -0.05) is 25.7 Å². The van der Waals surface area contributed by atoms with Crippen molar-refractivity contribution in [1.82, 2.24) is 15.5 Å². The van der Waals surface area contributed by atoms with Crippen LogP contribution >= 0.6 is 0 Å². The van der Waals surface area contributed by atoms with Crippen LogP contribution in [-0.4, -0.2) is 56.4 Å². The van der Waals surface area contributed by atoms with Gasteiger partial charge in [0.15, 0.2) is 0 Å². The summed E-state index contributed by atoms with van der Waals surface area (Å²) in [6.07, 6.45) is 8.43. The fourth-order valence-electron chi connectivity index (χ4n) is 2.99. The highest BCUT2D eigenvalue weighted by molar-refractivity contribution is 5.74. The molecule has 0 atom stereocenters. The topological polar surface area (TPSA) is 53.6 Å². The van der Waals surface area contributed by atoms with Crippen LogP contribution in [0.4, 0.5) is 4.79 Å². The molecule has 1 aliphatic heterocycles. The molecule has 0 aromatic rings. The minimum atomic E-state index is 0.0128. The highest BCUT2D eigenvalue weighted by Crippen LogP contribution is 2.16. The predicted molar refractivity (Wildman–Crippen MR) is 79.9 cm³/mol. The summed E-state index contributed by atoms with van der Waals surface area (Å²) in [5.74, 6) is 0. The maximum atomic E-state index is 11.8. The summed E-state index contributed by atoms with van der Waals surface area (Å²) < 4.78 is 5.32. The number of nitrogens with zero attached hydrogens (tertiary/aromatic N) is 1. The highest BCUT2D eigenvalue weighted by Gasteiger charge is 2.14. The van der Waals surface area contributed by atoms with E-state index < -0.39 is 0 Å². The van der Waals surface area contributed by atoms with Crippen LogP contribution in [0.3, 0.4) is 0 Å². The van der Waals surface area contributed by atoms with Gasteiger partial charge in [-0.2, -0.15) is 0 Å². The molecule has 0 radical (unpaired) electrons. The van der Waals surface area contributed by atoms with E-state index in [1.807, 2.05) is 0 Å². The Balaban J connectivity index is 1.50. The molecule has 2 aliphatic rings. The smallest absolute Gasteiger partial charge is 0.315 e. The van der Waals surface area contributed by atoms with Crippen LogP contribution in [0.15, 0.2) is 0 Å². The number of rotatable bonds is 5. The van der Waals surface area contributed by atoms with Crippen molar-refractivity contribution in [3.05, 3.63) is 0 Å². The van der Waals surface area contributed by atoms with Crippen LogP contribution in [-0.2, 0) is 4.74 Å². The molecule has 2 fully saturated rings. The lowest BCUT2D eigenvalue weighted by atomic mass is 10.1. The largest absolute Gasteiger partial charge is 0.379 e. The van der Waals surface area contributed by atoms with Gasteiger partial charge < -0.3 is 15.4 Å². The first-order chi connectivity index (χ1) is 9.84. The summed E-state index contributed by atoms with van der Waals surface area (Å²) in [4.78, 5) is 14.2. The molecule has 20 heavy (non-hydrogen) atoms. The second-order valence-electron chi connectivity index (χ2n) is 5.90. The second-order valence-corrected chi connectivity index (χ2v) is 5.90. The van der Waals surface area contributed by atoms with Crippen LogP contribution < -0.4 is 10.6 Å². The lowest BCUT2D eigenvalue weighted by Gasteiger charge is -2.26. The molecule has 1 saturated carbocycles. The molecule has 2 amide bonds. The van der Waals surface area contributed by atoms with Crippen molar-refractivity contribution >= 4 is 6.03 Å². The Bertz CT molecular complexity index is 272. The zero-order valence-corrected chi connectivity index (χ0v) is 12.5. The molecule has 0 bridgehead atoms. The van der Waals surface area contributed by atoms with E-state index in [-0.39, 0.29) is 6.03 Å². The Labute approximate surface area is 122 Å². The summed E-state index contributed by atoms with van der Waals surface area (Å²) >= 11 is 0. The molecule has 5 nitrogen and oxygen atoms in total. The van der Waals surface area contributed by atoms with Crippen molar-refractivity contribution in [3.63, 3.8) is 0 Å². The summed E-state index contributed by atoms with van der Waals surface area (Å²) in [7, 11) is 0. The number of hydrogen-bond acceptors (Lipinski definition) is 3. The third kappa shape index (κ3) is 6.09. The first-order valence-corrected chi connectivity index (χ1v) is 8.19. The molecular formula is C15H29N3O2. The van der Waals surface area contributed by atoms with E-state index in [9.17, 15) is 4.79 Å². The van der Waals surface area contributed by atoms with Crippen LogP contribution in [0.1, 0.15) is 44.9 Å². The molecule has 0 aromatic carbocycles. The first kappa shape index (κ1) is 15.6. The molecule has 0 spiro atoms. The average molecular weight is 283 g/mol. The molecule has 116 valence electrons. The van der Waals surface area contributed by atoms with Crippen molar-refractivity contribution in [2.75, 3.05) is 39.4 Å². The lowest BCUT2D eigenvalue weighted by Crippen LogP contribution is -2.43. The van der Waals surface area contributed by atoms with Gasteiger partial charge >= 0.3 is 6.03 Å². The molecule has 2 N–H and O–H groups in total. The number of morpholine rings is 1. The maximum absolute atomic E-state index is 11.8. The van der Waals surface area contributed by atoms with Crippen molar-refractivity contribution < 1.29 is 9.53 Å². The molecule has 5 heteroatoms. The summed E-state index contributed by atoms with van der Waals surface area (Å²) in [5, 5.41) is 6.10. The second kappa shape index (κ2) is 9.19. The number of urea groups is 1. The molecule has 0 aromatic heterocycles. The fraction of sp³-hybridized carbons (Fsp3) is 0.933. The third-order valence-electron chi connectivity index (χ3n) is 4.23. The Morgan fingerprint density at radius 1 is 1.10 bits per heavy atom. The monoisotopic (exact) mass is 283 g/mol. The minimum Gasteiger partial charge on any atom is -0.379 e. The van der Waals surface area contributed by atoms with Crippen molar-refractivity contribution in [2.45, 2.75) is 51.0 Å². The number of amides is 2. The normalized spacial score (nSPS) is 22.2. The van der Waals surface area contributed by atoms with E-state index in [1.165, 1.54) is 25.7 Å². The predicted octanol–water partition coefficient (Wildman–Crippen LogP) is 1.73. The van der Waals surface area contributed by atoms with Gasteiger partial charge in [-0.25, -0.2) is 4.79 Å². The van der Waals surface area contributed by atoms with E-state index in [0.717, 1.165) is 58.7 Å². The zero-order chi connectivity index (χ0) is 14.0. The van der Waals surface area contributed by atoms with Gasteiger partial charge in [0, 0.05) is 25.7 Å². The van der Waals surface area contributed by atoms with Gasteiger partial charge in [0.2, 0.25) is 0 Å². The van der Waals surface area contributed by atoms with Crippen molar-refractivity contribution in [1.29, 1.82) is 0 Å². The van der Waals surface area contributed by atoms with Gasteiger partial charge in [0.25, 0.3) is 0 Å². The van der Waals surface area contributed by atoms with Crippen LogP contribution in [0.2, 0.25) is 0 Å². The number of nitrogens with one attached hydrogen (secondary N) is 2. The average Bonchev–Trinajstić information content (AvgIpc) is 2.73. The Morgan fingerprint density at radius 3 is 2.50 bits per heavy atom. The van der Waals surface area contributed by atoms with E-state index in [4.69, 9.17) is 4.74 Å². The molecular weight excluding hydrogens is 254 g/mol. The van der Waals surface area contributed by atoms with Crippen molar-refractivity contribution in [3.8, 4) is 0 Å². The van der Waals surface area contributed by atoms with Crippen LogP contribution in [0.25, 0.3) is 0 Å². The van der Waals surface area contributed by atoms with Crippen molar-refractivity contribution in [2.24, 2.45) is 0 Å². The zero-order valence-electron chi connectivity index (χ0n) is 12.5. The number of hydrogen-bond donors (Lipinski definition) is 2. The van der Waals surface area contributed by atoms with Gasteiger partial charge in [0.1, 0.15) is 0 Å². The number of carbonyl (C=O) groups excluding carboxylic acids is 1. The van der Waals surface area contributed by atoms with E-state index in [0.29, 0.717) is 6.04 Å². The number of ether oxygens (including phenoxy) is 1. The molecule has 2 rings (SSSR count). The van der Waals surface area contributed by atoms with E-state index in [2.05, 4.69) is 15.5 Å². The maximum Gasteiger partial charge on any atom is 0.315 e. The Hall–Kier alpha value is -0.810. The van der Waals surface area contributed by atoms with Gasteiger partial charge in [0.05, 0.1) is 13.2 Å².